The number of nitrogen functional groups attached to an aromatic ring is 1. The molecule has 10 heteroatoms. The number of hydrogen-bond donors (Lipinski definition) is 1. The number of fused-ring (bicyclic) bond motifs is 1. The Morgan fingerprint density at radius 1 is 1.30 bits per heavy atom. The van der Waals surface area contributed by atoms with Crippen LogP contribution in [0.25, 0.3) is 17.1 Å². The van der Waals surface area contributed by atoms with Crippen molar-refractivity contribution in [3.05, 3.63) is 52.6 Å². The molecule has 2 aromatic heterocycles. The number of nitrogens with zero attached hydrogens (tertiary/aromatic N) is 4. The molecule has 2 N–H and O–H groups in total. The highest BCUT2D eigenvalue weighted by Gasteiger charge is 2.32. The van der Waals surface area contributed by atoms with E-state index < -0.39 is 11.7 Å². The van der Waals surface area contributed by atoms with Crippen molar-refractivity contribution in [2.75, 3.05) is 12.3 Å². The van der Waals surface area contributed by atoms with Gasteiger partial charge in [-0.15, -0.1) is 0 Å². The zero-order valence-corrected chi connectivity index (χ0v) is 14.9. The van der Waals surface area contributed by atoms with E-state index >= 15 is 0 Å². The lowest BCUT2D eigenvalue weighted by molar-refractivity contribution is -0.137. The molecule has 0 radical (unpaired) electrons. The highest BCUT2D eigenvalue weighted by Crippen LogP contribution is 2.33. The molecular weight excluding hydrogens is 383 g/mol. The van der Waals surface area contributed by atoms with E-state index in [2.05, 4.69) is 15.1 Å². The average Bonchev–Trinajstić information content (AvgIpc) is 2.97. The lowest BCUT2D eigenvalue weighted by Crippen LogP contribution is -2.09. The molecule has 0 atom stereocenters. The van der Waals surface area contributed by atoms with Gasteiger partial charge in [0, 0.05) is 0 Å². The van der Waals surface area contributed by atoms with E-state index in [9.17, 15) is 13.2 Å². The number of halogens is 4. The fourth-order valence-electron chi connectivity index (χ4n) is 2.56. The molecule has 3 aromatic rings. The summed E-state index contributed by atoms with van der Waals surface area (Å²) in [5.41, 5.74) is 6.03. The molecule has 3 rings (SSSR count). The van der Waals surface area contributed by atoms with Crippen molar-refractivity contribution < 1.29 is 17.9 Å². The number of aromatic nitrogens is 4. The molecule has 0 aliphatic rings. The lowest BCUT2D eigenvalue weighted by Gasteiger charge is -2.12. The van der Waals surface area contributed by atoms with Crippen LogP contribution in [0.2, 0.25) is 5.28 Å². The standard InChI is InChI=1S/C17H15ClF3N5O/c1-2-27-6-5-11-7-10(3-4-13(11)17(19,20)21)9-26-15-12(8-23-26)14(22)24-16(18)25-15/h3-8H,2,9H2,1H3,(H2,22,24,25)/b6-5+. The van der Waals surface area contributed by atoms with Gasteiger partial charge < -0.3 is 10.5 Å². The Morgan fingerprint density at radius 3 is 2.78 bits per heavy atom. The van der Waals surface area contributed by atoms with E-state index in [0.29, 0.717) is 23.2 Å². The first-order valence-corrected chi connectivity index (χ1v) is 8.30. The Bertz CT molecular complexity index is 1000. The molecule has 0 fully saturated rings. The van der Waals surface area contributed by atoms with Crippen LogP contribution in [-0.4, -0.2) is 26.4 Å². The molecule has 6 nitrogen and oxygen atoms in total. The highest BCUT2D eigenvalue weighted by atomic mass is 35.5. The summed E-state index contributed by atoms with van der Waals surface area (Å²) in [5.74, 6) is 0.184. The normalized spacial score (nSPS) is 12.2. The molecule has 142 valence electrons. The van der Waals surface area contributed by atoms with E-state index in [4.69, 9.17) is 22.1 Å². The van der Waals surface area contributed by atoms with Crippen molar-refractivity contribution >= 4 is 34.5 Å². The molecule has 0 spiro atoms. The summed E-state index contributed by atoms with van der Waals surface area (Å²) in [4.78, 5) is 7.94. The van der Waals surface area contributed by atoms with Crippen molar-refractivity contribution in [1.82, 2.24) is 19.7 Å². The molecule has 0 bridgehead atoms. The van der Waals surface area contributed by atoms with Gasteiger partial charge in [0.15, 0.2) is 5.65 Å². The van der Waals surface area contributed by atoms with Crippen LogP contribution in [0.3, 0.4) is 0 Å². The van der Waals surface area contributed by atoms with Crippen LogP contribution < -0.4 is 5.73 Å². The number of hydrogen-bond acceptors (Lipinski definition) is 5. The van der Waals surface area contributed by atoms with Gasteiger partial charge in [-0.3, -0.25) is 0 Å². The van der Waals surface area contributed by atoms with Crippen LogP contribution in [-0.2, 0) is 17.5 Å². The quantitative estimate of drug-likeness (QED) is 0.517. The average molecular weight is 398 g/mol. The second kappa shape index (κ2) is 7.43. The van der Waals surface area contributed by atoms with E-state index in [1.165, 1.54) is 35.3 Å². The second-order valence-corrected chi connectivity index (χ2v) is 5.93. The molecule has 0 saturated heterocycles. The Kier molecular flexibility index (Phi) is 5.22. The van der Waals surface area contributed by atoms with E-state index in [0.717, 1.165) is 6.07 Å². The third-order valence-corrected chi connectivity index (χ3v) is 3.93. The topological polar surface area (TPSA) is 78.9 Å². The molecule has 0 aliphatic heterocycles. The molecule has 0 saturated carbocycles. The molecule has 0 aliphatic carbocycles. The summed E-state index contributed by atoms with van der Waals surface area (Å²) in [6.45, 7) is 2.29. The summed E-state index contributed by atoms with van der Waals surface area (Å²) >= 11 is 5.83. The Balaban J connectivity index is 1.99. The number of rotatable bonds is 5. The van der Waals surface area contributed by atoms with Gasteiger partial charge in [0.2, 0.25) is 5.28 Å². The van der Waals surface area contributed by atoms with E-state index in [1.807, 2.05) is 0 Å². The van der Waals surface area contributed by atoms with Gasteiger partial charge in [0.25, 0.3) is 0 Å². The summed E-state index contributed by atoms with van der Waals surface area (Å²) in [7, 11) is 0. The molecule has 1 aromatic carbocycles. The maximum Gasteiger partial charge on any atom is 0.416 e. The first-order chi connectivity index (χ1) is 12.8. The Hall–Kier alpha value is -2.81. The summed E-state index contributed by atoms with van der Waals surface area (Å²) in [6, 6.07) is 3.85. The Labute approximate surface area is 157 Å². The summed E-state index contributed by atoms with van der Waals surface area (Å²) in [6.07, 6.45) is -0.460. The smallest absolute Gasteiger partial charge is 0.416 e. The van der Waals surface area contributed by atoms with Crippen LogP contribution in [0, 0.1) is 0 Å². The highest BCUT2D eigenvalue weighted by molar-refractivity contribution is 6.28. The zero-order valence-electron chi connectivity index (χ0n) is 14.2. The van der Waals surface area contributed by atoms with Crippen molar-refractivity contribution in [2.24, 2.45) is 0 Å². The zero-order chi connectivity index (χ0) is 19.6. The Morgan fingerprint density at radius 2 is 2.07 bits per heavy atom. The molecule has 2 heterocycles. The fraction of sp³-hybridized carbons (Fsp3) is 0.235. The van der Waals surface area contributed by atoms with Crippen molar-refractivity contribution in [3.8, 4) is 0 Å². The van der Waals surface area contributed by atoms with Crippen molar-refractivity contribution in [1.29, 1.82) is 0 Å². The van der Waals surface area contributed by atoms with Gasteiger partial charge in [0.1, 0.15) is 5.82 Å². The van der Waals surface area contributed by atoms with Crippen LogP contribution >= 0.6 is 11.6 Å². The first-order valence-electron chi connectivity index (χ1n) is 7.92. The predicted molar refractivity (Wildman–Crippen MR) is 96.0 cm³/mol. The number of anilines is 1. The third-order valence-electron chi connectivity index (χ3n) is 3.76. The summed E-state index contributed by atoms with van der Waals surface area (Å²) < 4.78 is 46.2. The minimum absolute atomic E-state index is 0.00270. The lowest BCUT2D eigenvalue weighted by atomic mass is 10.0. The van der Waals surface area contributed by atoms with Gasteiger partial charge in [-0.05, 0) is 47.9 Å². The third kappa shape index (κ3) is 4.13. The van der Waals surface area contributed by atoms with Gasteiger partial charge in [0.05, 0.1) is 36.6 Å². The number of benzene rings is 1. The predicted octanol–water partition coefficient (Wildman–Crippen LogP) is 4.14. The molecule has 0 amide bonds. The van der Waals surface area contributed by atoms with Crippen LogP contribution in [0.15, 0.2) is 30.7 Å². The van der Waals surface area contributed by atoms with E-state index in [-0.39, 0.29) is 23.2 Å². The minimum Gasteiger partial charge on any atom is -0.501 e. The largest absolute Gasteiger partial charge is 0.501 e. The van der Waals surface area contributed by atoms with E-state index in [1.54, 1.807) is 6.92 Å². The van der Waals surface area contributed by atoms with Gasteiger partial charge >= 0.3 is 6.18 Å². The maximum atomic E-state index is 13.2. The number of ether oxygens (including phenoxy) is 1. The maximum absolute atomic E-state index is 13.2. The minimum atomic E-state index is -4.47. The van der Waals surface area contributed by atoms with Crippen LogP contribution in [0.5, 0.6) is 0 Å². The SMILES string of the molecule is CCO/C=C/c1cc(Cn2ncc3c(N)nc(Cl)nc32)ccc1C(F)(F)F. The van der Waals surface area contributed by atoms with Gasteiger partial charge in [-0.1, -0.05) is 6.07 Å². The van der Waals surface area contributed by atoms with Gasteiger partial charge in [-0.2, -0.15) is 23.3 Å². The first kappa shape index (κ1) is 19.0. The molecule has 0 unspecified atom stereocenters. The van der Waals surface area contributed by atoms with Crippen LogP contribution in [0.4, 0.5) is 19.0 Å². The number of nitrogens with two attached hydrogens (primary N) is 1. The number of alkyl halides is 3. The second-order valence-electron chi connectivity index (χ2n) is 5.59. The monoisotopic (exact) mass is 397 g/mol. The fourth-order valence-corrected chi connectivity index (χ4v) is 2.73. The van der Waals surface area contributed by atoms with Crippen molar-refractivity contribution in [3.63, 3.8) is 0 Å². The summed E-state index contributed by atoms with van der Waals surface area (Å²) in [5, 5.41) is 4.66. The molecular formula is C17H15ClF3N5O. The van der Waals surface area contributed by atoms with Gasteiger partial charge in [-0.25, -0.2) is 9.67 Å². The molecule has 27 heavy (non-hydrogen) atoms. The van der Waals surface area contributed by atoms with Crippen molar-refractivity contribution in [2.45, 2.75) is 19.6 Å². The van der Waals surface area contributed by atoms with Crippen LogP contribution in [0.1, 0.15) is 23.6 Å².